The van der Waals surface area contributed by atoms with E-state index in [4.69, 9.17) is 0 Å². The number of fused-ring (bicyclic) bond motifs is 1. The zero-order valence-electron chi connectivity index (χ0n) is 10.5. The molecule has 0 amide bonds. The van der Waals surface area contributed by atoms with Crippen LogP contribution < -0.4 is 5.32 Å². The molecule has 1 aliphatic rings. The summed E-state index contributed by atoms with van der Waals surface area (Å²) in [7, 11) is 0. The lowest BCUT2D eigenvalue weighted by Gasteiger charge is -2.29. The van der Waals surface area contributed by atoms with Crippen LogP contribution >= 0.6 is 0 Å². The van der Waals surface area contributed by atoms with Crippen LogP contribution in [0.2, 0.25) is 0 Å². The highest BCUT2D eigenvalue weighted by Gasteiger charge is 2.25. The molecule has 0 spiro atoms. The van der Waals surface area contributed by atoms with E-state index in [0.717, 1.165) is 19.6 Å². The molecule has 2 nitrogen and oxygen atoms in total. The summed E-state index contributed by atoms with van der Waals surface area (Å²) in [5, 5.41) is 3.51. The van der Waals surface area contributed by atoms with Crippen molar-refractivity contribution in [3.05, 3.63) is 35.4 Å². The molecular weight excluding hydrogens is 196 g/mol. The van der Waals surface area contributed by atoms with Gasteiger partial charge in [0.1, 0.15) is 0 Å². The molecule has 1 heterocycles. The molecule has 2 atom stereocenters. The molecule has 0 saturated heterocycles. The molecule has 1 aromatic rings. The second-order valence-electron chi connectivity index (χ2n) is 4.76. The number of hydrogen-bond donors (Lipinski definition) is 1. The third-order valence-corrected chi connectivity index (χ3v) is 3.69. The number of rotatable bonds is 4. The lowest BCUT2D eigenvalue weighted by Crippen LogP contribution is -2.44. The molecule has 1 N–H and O–H groups in total. The summed E-state index contributed by atoms with van der Waals surface area (Å²) in [6.07, 6.45) is 0. The van der Waals surface area contributed by atoms with Gasteiger partial charge in [-0.1, -0.05) is 31.2 Å². The first-order chi connectivity index (χ1) is 7.72. The summed E-state index contributed by atoms with van der Waals surface area (Å²) < 4.78 is 0. The molecule has 16 heavy (non-hydrogen) atoms. The van der Waals surface area contributed by atoms with E-state index in [1.165, 1.54) is 11.1 Å². The van der Waals surface area contributed by atoms with Gasteiger partial charge in [-0.25, -0.2) is 0 Å². The zero-order chi connectivity index (χ0) is 11.5. The summed E-state index contributed by atoms with van der Waals surface area (Å²) >= 11 is 0. The fourth-order valence-electron chi connectivity index (χ4n) is 2.46. The highest BCUT2D eigenvalue weighted by Crippen LogP contribution is 2.24. The van der Waals surface area contributed by atoms with E-state index in [0.29, 0.717) is 12.1 Å². The minimum atomic E-state index is 0.555. The van der Waals surface area contributed by atoms with Crippen LogP contribution in [0.25, 0.3) is 0 Å². The minimum absolute atomic E-state index is 0.555. The SMILES string of the molecule is CCNC(C)C(C)N1Cc2ccccc2C1. The van der Waals surface area contributed by atoms with Gasteiger partial charge in [0.25, 0.3) is 0 Å². The second kappa shape index (κ2) is 4.98. The Balaban J connectivity index is 2.00. The van der Waals surface area contributed by atoms with E-state index < -0.39 is 0 Å². The van der Waals surface area contributed by atoms with Crippen LogP contribution in [0.3, 0.4) is 0 Å². The third-order valence-electron chi connectivity index (χ3n) is 3.69. The smallest absolute Gasteiger partial charge is 0.0244 e. The molecule has 0 fully saturated rings. The topological polar surface area (TPSA) is 15.3 Å². The van der Waals surface area contributed by atoms with Crippen molar-refractivity contribution in [2.24, 2.45) is 0 Å². The molecule has 0 aromatic heterocycles. The lowest BCUT2D eigenvalue weighted by molar-refractivity contribution is 0.177. The molecule has 2 heteroatoms. The van der Waals surface area contributed by atoms with Crippen LogP contribution in [0.15, 0.2) is 24.3 Å². The monoisotopic (exact) mass is 218 g/mol. The van der Waals surface area contributed by atoms with Crippen molar-refractivity contribution >= 4 is 0 Å². The van der Waals surface area contributed by atoms with Crippen molar-refractivity contribution < 1.29 is 0 Å². The van der Waals surface area contributed by atoms with Gasteiger partial charge >= 0.3 is 0 Å². The van der Waals surface area contributed by atoms with Crippen molar-refractivity contribution in [3.8, 4) is 0 Å². The zero-order valence-corrected chi connectivity index (χ0v) is 10.5. The maximum atomic E-state index is 3.51. The highest BCUT2D eigenvalue weighted by molar-refractivity contribution is 5.30. The molecule has 2 rings (SSSR count). The van der Waals surface area contributed by atoms with Gasteiger partial charge in [0, 0.05) is 25.2 Å². The predicted octanol–water partition coefficient (Wildman–Crippen LogP) is 2.39. The predicted molar refractivity (Wildman–Crippen MR) is 68.3 cm³/mol. The number of nitrogens with zero attached hydrogens (tertiary/aromatic N) is 1. The fourth-order valence-corrected chi connectivity index (χ4v) is 2.46. The van der Waals surface area contributed by atoms with Crippen LogP contribution in [0, 0.1) is 0 Å². The molecule has 0 bridgehead atoms. The molecule has 0 saturated carbocycles. The molecule has 1 aliphatic heterocycles. The standard InChI is InChI=1S/C14H22N2/c1-4-15-11(2)12(3)16-9-13-7-5-6-8-14(13)10-16/h5-8,11-12,15H,4,9-10H2,1-3H3. The minimum Gasteiger partial charge on any atom is -0.313 e. The maximum absolute atomic E-state index is 3.51. The first-order valence-corrected chi connectivity index (χ1v) is 6.26. The van der Waals surface area contributed by atoms with E-state index >= 15 is 0 Å². The molecule has 88 valence electrons. The average Bonchev–Trinajstić information content (AvgIpc) is 2.71. The number of nitrogens with one attached hydrogen (secondary N) is 1. The normalized spacial score (nSPS) is 19.4. The Labute approximate surface area is 98.7 Å². The van der Waals surface area contributed by atoms with Gasteiger partial charge in [0.15, 0.2) is 0 Å². The summed E-state index contributed by atoms with van der Waals surface area (Å²) in [6, 6.07) is 9.92. The van der Waals surface area contributed by atoms with Gasteiger partial charge in [-0.3, -0.25) is 4.90 Å². The van der Waals surface area contributed by atoms with Crippen LogP contribution in [-0.4, -0.2) is 23.5 Å². The van der Waals surface area contributed by atoms with Gasteiger partial charge < -0.3 is 5.32 Å². The summed E-state index contributed by atoms with van der Waals surface area (Å²) in [5.41, 5.74) is 3.00. The number of hydrogen-bond acceptors (Lipinski definition) is 2. The molecule has 2 unspecified atom stereocenters. The molecular formula is C14H22N2. The van der Waals surface area contributed by atoms with Crippen molar-refractivity contribution in [1.82, 2.24) is 10.2 Å². The van der Waals surface area contributed by atoms with E-state index in [2.05, 4.69) is 55.3 Å². The Morgan fingerprint density at radius 2 is 1.75 bits per heavy atom. The number of likely N-dealkylation sites (N-methyl/N-ethyl adjacent to an activating group) is 1. The molecule has 0 aliphatic carbocycles. The van der Waals surface area contributed by atoms with Crippen molar-refractivity contribution in [1.29, 1.82) is 0 Å². The van der Waals surface area contributed by atoms with Gasteiger partial charge in [0.2, 0.25) is 0 Å². The van der Waals surface area contributed by atoms with Crippen LogP contribution in [0.1, 0.15) is 31.9 Å². The molecule has 1 aromatic carbocycles. The van der Waals surface area contributed by atoms with Crippen LogP contribution in [-0.2, 0) is 13.1 Å². The maximum Gasteiger partial charge on any atom is 0.0244 e. The Bertz CT molecular complexity index is 323. The fraction of sp³-hybridized carbons (Fsp3) is 0.571. The highest BCUT2D eigenvalue weighted by atomic mass is 15.2. The van der Waals surface area contributed by atoms with E-state index in [1.807, 2.05) is 0 Å². The summed E-state index contributed by atoms with van der Waals surface area (Å²) in [5.74, 6) is 0. The lowest BCUT2D eigenvalue weighted by atomic mass is 10.1. The van der Waals surface area contributed by atoms with E-state index in [1.54, 1.807) is 0 Å². The second-order valence-corrected chi connectivity index (χ2v) is 4.76. The van der Waals surface area contributed by atoms with E-state index in [-0.39, 0.29) is 0 Å². The van der Waals surface area contributed by atoms with E-state index in [9.17, 15) is 0 Å². The molecule has 0 radical (unpaired) electrons. The Morgan fingerprint density at radius 1 is 1.19 bits per heavy atom. The Hall–Kier alpha value is -0.860. The van der Waals surface area contributed by atoms with Gasteiger partial charge in [-0.2, -0.15) is 0 Å². The average molecular weight is 218 g/mol. The Kier molecular flexibility index (Phi) is 3.62. The quantitative estimate of drug-likeness (QED) is 0.835. The first kappa shape index (κ1) is 11.6. The van der Waals surface area contributed by atoms with Gasteiger partial charge in [-0.15, -0.1) is 0 Å². The first-order valence-electron chi connectivity index (χ1n) is 6.26. The van der Waals surface area contributed by atoms with Crippen molar-refractivity contribution in [3.63, 3.8) is 0 Å². The summed E-state index contributed by atoms with van der Waals surface area (Å²) in [6.45, 7) is 10.0. The van der Waals surface area contributed by atoms with Crippen molar-refractivity contribution in [2.75, 3.05) is 6.54 Å². The largest absolute Gasteiger partial charge is 0.313 e. The van der Waals surface area contributed by atoms with Crippen molar-refractivity contribution in [2.45, 2.75) is 45.9 Å². The van der Waals surface area contributed by atoms with Crippen LogP contribution in [0.5, 0.6) is 0 Å². The summed E-state index contributed by atoms with van der Waals surface area (Å²) in [4.78, 5) is 2.55. The Morgan fingerprint density at radius 3 is 2.25 bits per heavy atom. The number of benzene rings is 1. The van der Waals surface area contributed by atoms with Crippen LogP contribution in [0.4, 0.5) is 0 Å². The third kappa shape index (κ3) is 2.28. The van der Waals surface area contributed by atoms with Gasteiger partial charge in [0.05, 0.1) is 0 Å². The van der Waals surface area contributed by atoms with Gasteiger partial charge in [-0.05, 0) is 31.5 Å².